The van der Waals surface area contributed by atoms with Gasteiger partial charge in [-0.25, -0.2) is 0 Å². The van der Waals surface area contributed by atoms with Crippen LogP contribution in [0.5, 0.6) is 23.0 Å². The maximum atomic E-state index is 12.3. The van der Waals surface area contributed by atoms with Crippen LogP contribution in [0, 0.1) is 0 Å². The smallest absolute Gasteiger partial charge is 0.189 e. The normalized spacial score (nSPS) is 14.6. The van der Waals surface area contributed by atoms with Gasteiger partial charge in [-0.05, 0) is 68.3 Å². The molecule has 148 valence electrons. The number of phenolic OH excluding ortho intramolecular Hbond substituents is 3. The zero-order valence-corrected chi connectivity index (χ0v) is 15.7. The highest BCUT2D eigenvalue weighted by Gasteiger charge is 2.12. The van der Waals surface area contributed by atoms with Crippen molar-refractivity contribution in [3.63, 3.8) is 0 Å². The topological polar surface area (TPSA) is 90.2 Å². The lowest BCUT2D eigenvalue weighted by Gasteiger charge is -2.14. The van der Waals surface area contributed by atoms with Gasteiger partial charge in [0, 0.05) is 12.6 Å². The average Bonchev–Trinajstić information content (AvgIpc) is 3.19. The number of benzene rings is 2. The fourth-order valence-corrected chi connectivity index (χ4v) is 3.20. The molecule has 0 radical (unpaired) electrons. The van der Waals surface area contributed by atoms with Gasteiger partial charge in [-0.2, -0.15) is 0 Å². The number of carbonyl (C=O) groups excluding carboxylic acids is 1. The van der Waals surface area contributed by atoms with Crippen molar-refractivity contribution >= 4 is 11.9 Å². The van der Waals surface area contributed by atoms with Crippen LogP contribution in [0.15, 0.2) is 42.5 Å². The monoisotopic (exact) mass is 383 g/mol. The Morgan fingerprint density at radius 1 is 1.00 bits per heavy atom. The van der Waals surface area contributed by atoms with Crippen LogP contribution in [-0.2, 0) is 0 Å². The van der Waals surface area contributed by atoms with Crippen LogP contribution in [0.4, 0.5) is 0 Å². The molecule has 0 aliphatic carbocycles. The van der Waals surface area contributed by atoms with E-state index in [1.54, 1.807) is 12.1 Å². The summed E-state index contributed by atoms with van der Waals surface area (Å²) < 4.78 is 5.67. The molecule has 0 bridgehead atoms. The Balaban J connectivity index is 1.54. The van der Waals surface area contributed by atoms with Crippen molar-refractivity contribution in [2.45, 2.75) is 19.3 Å². The van der Waals surface area contributed by atoms with Crippen LogP contribution in [0.25, 0.3) is 6.08 Å². The molecule has 1 fully saturated rings. The molecule has 0 amide bonds. The molecule has 2 aromatic rings. The maximum absolute atomic E-state index is 12.3. The molecule has 6 heteroatoms. The molecule has 1 heterocycles. The second-order valence-corrected chi connectivity index (χ2v) is 6.88. The lowest BCUT2D eigenvalue weighted by Crippen LogP contribution is -2.21. The molecule has 0 spiro atoms. The van der Waals surface area contributed by atoms with Crippen molar-refractivity contribution in [3.05, 3.63) is 53.6 Å². The molecule has 0 unspecified atom stereocenters. The molecule has 6 nitrogen and oxygen atoms in total. The third-order valence-corrected chi connectivity index (χ3v) is 4.75. The fraction of sp³-hybridized carbons (Fsp3) is 0.318. The first-order chi connectivity index (χ1) is 13.5. The van der Waals surface area contributed by atoms with Crippen molar-refractivity contribution in [2.75, 3.05) is 26.2 Å². The number of aromatic hydroxyl groups is 3. The second-order valence-electron chi connectivity index (χ2n) is 6.88. The summed E-state index contributed by atoms with van der Waals surface area (Å²) in [6.45, 7) is 3.90. The summed E-state index contributed by atoms with van der Waals surface area (Å²) in [6.07, 6.45) is 6.27. The molecule has 1 aliphatic heterocycles. The SMILES string of the molecule is O=C(/C=C/c1ccc(O)c(O)c1)c1ccc(OCCCN2CCCC2)cc1O. The molecule has 28 heavy (non-hydrogen) atoms. The number of nitrogens with zero attached hydrogens (tertiary/aromatic N) is 1. The van der Waals surface area contributed by atoms with Crippen LogP contribution in [0.3, 0.4) is 0 Å². The summed E-state index contributed by atoms with van der Waals surface area (Å²) in [6, 6.07) is 8.90. The lowest BCUT2D eigenvalue weighted by molar-refractivity contribution is 0.104. The van der Waals surface area contributed by atoms with Crippen molar-refractivity contribution in [2.24, 2.45) is 0 Å². The van der Waals surface area contributed by atoms with Gasteiger partial charge in [0.25, 0.3) is 0 Å². The zero-order valence-electron chi connectivity index (χ0n) is 15.7. The minimum Gasteiger partial charge on any atom is -0.507 e. The van der Waals surface area contributed by atoms with Crippen molar-refractivity contribution in [1.82, 2.24) is 4.90 Å². The van der Waals surface area contributed by atoms with E-state index in [1.165, 1.54) is 49.3 Å². The Kier molecular flexibility index (Phi) is 6.55. The van der Waals surface area contributed by atoms with Crippen LogP contribution in [-0.4, -0.2) is 52.2 Å². The van der Waals surface area contributed by atoms with Crippen molar-refractivity contribution in [1.29, 1.82) is 0 Å². The fourth-order valence-electron chi connectivity index (χ4n) is 3.20. The highest BCUT2D eigenvalue weighted by atomic mass is 16.5. The number of likely N-dealkylation sites (tertiary alicyclic amines) is 1. The highest BCUT2D eigenvalue weighted by Crippen LogP contribution is 2.27. The number of hydrogen-bond donors (Lipinski definition) is 3. The van der Waals surface area contributed by atoms with Crippen molar-refractivity contribution in [3.8, 4) is 23.0 Å². The van der Waals surface area contributed by atoms with Gasteiger partial charge in [0.1, 0.15) is 11.5 Å². The van der Waals surface area contributed by atoms with Gasteiger partial charge < -0.3 is 25.0 Å². The number of ether oxygens (including phenoxy) is 1. The van der Waals surface area contributed by atoms with E-state index < -0.39 is 0 Å². The molecule has 2 aromatic carbocycles. The molecular weight excluding hydrogens is 358 g/mol. The van der Waals surface area contributed by atoms with Crippen molar-refractivity contribution < 1.29 is 24.9 Å². The number of hydrogen-bond acceptors (Lipinski definition) is 6. The molecule has 0 saturated carbocycles. The Morgan fingerprint density at radius 3 is 2.50 bits per heavy atom. The van der Waals surface area contributed by atoms with Gasteiger partial charge in [0.05, 0.1) is 12.2 Å². The summed E-state index contributed by atoms with van der Waals surface area (Å²) in [7, 11) is 0. The summed E-state index contributed by atoms with van der Waals surface area (Å²) >= 11 is 0. The first kappa shape index (κ1) is 19.8. The third-order valence-electron chi connectivity index (χ3n) is 4.75. The van der Waals surface area contributed by atoms with Gasteiger partial charge in [0.2, 0.25) is 0 Å². The van der Waals surface area contributed by atoms with E-state index in [0.717, 1.165) is 26.1 Å². The van der Waals surface area contributed by atoms with Crippen LogP contribution < -0.4 is 4.74 Å². The minimum atomic E-state index is -0.370. The first-order valence-electron chi connectivity index (χ1n) is 9.45. The predicted octanol–water partition coefficient (Wildman–Crippen LogP) is 3.56. The number of allylic oxidation sites excluding steroid dienone is 1. The average molecular weight is 383 g/mol. The quantitative estimate of drug-likeness (QED) is 0.279. The van der Waals surface area contributed by atoms with E-state index >= 15 is 0 Å². The van der Waals surface area contributed by atoms with Gasteiger partial charge in [0.15, 0.2) is 17.3 Å². The maximum Gasteiger partial charge on any atom is 0.189 e. The van der Waals surface area contributed by atoms with Crippen LogP contribution >= 0.6 is 0 Å². The highest BCUT2D eigenvalue weighted by molar-refractivity contribution is 6.08. The van der Waals surface area contributed by atoms with Crippen LogP contribution in [0.1, 0.15) is 35.2 Å². The molecule has 3 N–H and O–H groups in total. The minimum absolute atomic E-state index is 0.139. The predicted molar refractivity (Wildman–Crippen MR) is 107 cm³/mol. The van der Waals surface area contributed by atoms with E-state index in [1.807, 2.05) is 0 Å². The second kappa shape index (κ2) is 9.28. The Morgan fingerprint density at radius 2 is 1.79 bits per heavy atom. The van der Waals surface area contributed by atoms with Crippen LogP contribution in [0.2, 0.25) is 0 Å². The summed E-state index contributed by atoms with van der Waals surface area (Å²) in [5.41, 5.74) is 0.727. The molecule has 0 atom stereocenters. The van der Waals surface area contributed by atoms with E-state index in [4.69, 9.17) is 4.74 Å². The molecule has 3 rings (SSSR count). The molecule has 0 aromatic heterocycles. The largest absolute Gasteiger partial charge is 0.507 e. The number of rotatable bonds is 8. The summed E-state index contributed by atoms with van der Waals surface area (Å²) in [5.74, 6) is -0.463. The van der Waals surface area contributed by atoms with E-state index in [-0.39, 0.29) is 28.6 Å². The summed E-state index contributed by atoms with van der Waals surface area (Å²) in [5, 5.41) is 28.9. The van der Waals surface area contributed by atoms with E-state index in [2.05, 4.69) is 4.90 Å². The third kappa shape index (κ3) is 5.27. The Hall–Kier alpha value is -2.99. The molecular formula is C22H25NO5. The first-order valence-corrected chi connectivity index (χ1v) is 9.45. The standard InChI is InChI=1S/C22H25NO5/c24-19(8-4-16-5-9-20(25)22(27)14-16)18-7-6-17(15-21(18)26)28-13-3-12-23-10-1-2-11-23/h4-9,14-15,25-27H,1-3,10-13H2/b8-4+. The number of carbonyl (C=O) groups is 1. The molecule has 1 saturated heterocycles. The van der Waals surface area contributed by atoms with E-state index in [0.29, 0.717) is 17.9 Å². The van der Waals surface area contributed by atoms with E-state index in [9.17, 15) is 20.1 Å². The summed E-state index contributed by atoms with van der Waals surface area (Å²) in [4.78, 5) is 14.7. The number of ketones is 1. The molecule has 1 aliphatic rings. The van der Waals surface area contributed by atoms with Gasteiger partial charge in [-0.1, -0.05) is 12.1 Å². The van der Waals surface area contributed by atoms with Gasteiger partial charge >= 0.3 is 0 Å². The van der Waals surface area contributed by atoms with Gasteiger partial charge in [-0.3, -0.25) is 4.79 Å². The Labute approximate surface area is 164 Å². The Bertz CT molecular complexity index is 856. The zero-order chi connectivity index (χ0) is 19.9. The lowest BCUT2D eigenvalue weighted by atomic mass is 10.1. The number of phenols is 3. The van der Waals surface area contributed by atoms with Gasteiger partial charge in [-0.15, -0.1) is 0 Å².